The number of benzene rings is 1. The average molecular weight is 299 g/mol. The summed E-state index contributed by atoms with van der Waals surface area (Å²) in [6.45, 7) is 2.71. The SMILES string of the molecule is CCCCC1C/C=C\N(Cc2ccccc2)C(=O)CCC1=O. The van der Waals surface area contributed by atoms with E-state index in [0.717, 1.165) is 31.2 Å². The van der Waals surface area contributed by atoms with E-state index in [1.54, 1.807) is 4.90 Å². The number of nitrogens with zero attached hydrogens (tertiary/aromatic N) is 1. The van der Waals surface area contributed by atoms with E-state index < -0.39 is 0 Å². The van der Waals surface area contributed by atoms with Crippen LogP contribution in [0, 0.1) is 5.92 Å². The zero-order valence-corrected chi connectivity index (χ0v) is 13.3. The molecule has 0 aromatic heterocycles. The third-order valence-electron chi connectivity index (χ3n) is 4.17. The van der Waals surface area contributed by atoms with Crippen molar-refractivity contribution in [3.63, 3.8) is 0 Å². The zero-order valence-electron chi connectivity index (χ0n) is 13.3. The normalized spacial score (nSPS) is 21.1. The van der Waals surface area contributed by atoms with Crippen LogP contribution < -0.4 is 0 Å². The van der Waals surface area contributed by atoms with E-state index in [-0.39, 0.29) is 17.6 Å². The second-order valence-electron chi connectivity index (χ2n) is 5.93. The van der Waals surface area contributed by atoms with Gasteiger partial charge in [-0.05, 0) is 18.4 Å². The van der Waals surface area contributed by atoms with Gasteiger partial charge in [0.15, 0.2) is 0 Å². The van der Waals surface area contributed by atoms with Crippen molar-refractivity contribution >= 4 is 11.7 Å². The molecule has 1 amide bonds. The van der Waals surface area contributed by atoms with Crippen LogP contribution in [0.2, 0.25) is 0 Å². The number of hydrogen-bond donors (Lipinski definition) is 0. The molecule has 1 aliphatic heterocycles. The minimum absolute atomic E-state index is 0.0320. The number of unbranched alkanes of at least 4 members (excludes halogenated alkanes) is 1. The monoisotopic (exact) mass is 299 g/mol. The van der Waals surface area contributed by atoms with Crippen LogP contribution in [0.25, 0.3) is 0 Å². The molecule has 0 saturated carbocycles. The molecule has 0 saturated heterocycles. The molecule has 1 aliphatic rings. The number of rotatable bonds is 5. The quantitative estimate of drug-likeness (QED) is 0.821. The molecule has 0 bridgehead atoms. The first-order valence-corrected chi connectivity index (χ1v) is 8.23. The smallest absolute Gasteiger partial charge is 0.227 e. The van der Waals surface area contributed by atoms with E-state index in [1.165, 1.54) is 0 Å². The van der Waals surface area contributed by atoms with Crippen LogP contribution in [0.1, 0.15) is 51.0 Å². The van der Waals surface area contributed by atoms with Crippen LogP contribution in [-0.4, -0.2) is 16.6 Å². The highest BCUT2D eigenvalue weighted by Crippen LogP contribution is 2.20. The molecule has 1 heterocycles. The maximum atomic E-state index is 12.3. The Hall–Kier alpha value is -1.90. The van der Waals surface area contributed by atoms with E-state index >= 15 is 0 Å². The number of hydrogen-bond acceptors (Lipinski definition) is 2. The Labute approximate surface area is 133 Å². The molecular weight excluding hydrogens is 274 g/mol. The maximum absolute atomic E-state index is 12.3. The summed E-state index contributed by atoms with van der Waals surface area (Å²) < 4.78 is 0. The average Bonchev–Trinajstić information content (AvgIpc) is 2.60. The molecule has 3 nitrogen and oxygen atoms in total. The molecule has 0 aliphatic carbocycles. The van der Waals surface area contributed by atoms with Gasteiger partial charge in [0.25, 0.3) is 0 Å². The summed E-state index contributed by atoms with van der Waals surface area (Å²) in [6, 6.07) is 9.96. The minimum atomic E-state index is 0.0320. The zero-order chi connectivity index (χ0) is 15.8. The molecule has 0 N–H and O–H groups in total. The predicted octanol–water partition coefficient (Wildman–Crippen LogP) is 4.09. The van der Waals surface area contributed by atoms with Gasteiger partial charge in [0.05, 0.1) is 6.54 Å². The topological polar surface area (TPSA) is 37.4 Å². The first kappa shape index (κ1) is 16.5. The van der Waals surface area contributed by atoms with E-state index in [2.05, 4.69) is 6.92 Å². The standard InChI is InChI=1S/C19H25NO2/c1-2-3-10-17-11-7-14-20(19(22)13-12-18(17)21)15-16-8-5-4-6-9-16/h4-9,14,17H,2-3,10-13,15H2,1H3/b14-7-. The second-order valence-corrected chi connectivity index (χ2v) is 5.93. The Kier molecular flexibility index (Phi) is 6.38. The summed E-state index contributed by atoms with van der Waals surface area (Å²) in [5.41, 5.74) is 1.11. The Balaban J connectivity index is 2.04. The molecule has 0 spiro atoms. The molecule has 22 heavy (non-hydrogen) atoms. The molecule has 1 aromatic carbocycles. The first-order valence-electron chi connectivity index (χ1n) is 8.23. The van der Waals surface area contributed by atoms with Gasteiger partial charge in [-0.15, -0.1) is 0 Å². The lowest BCUT2D eigenvalue weighted by Gasteiger charge is -2.18. The molecular formula is C19H25NO2. The van der Waals surface area contributed by atoms with Gasteiger partial charge in [-0.2, -0.15) is 0 Å². The molecule has 2 rings (SSSR count). The Morgan fingerprint density at radius 3 is 2.64 bits per heavy atom. The highest BCUT2D eigenvalue weighted by atomic mass is 16.2. The van der Waals surface area contributed by atoms with Crippen LogP contribution in [0.3, 0.4) is 0 Å². The van der Waals surface area contributed by atoms with E-state index in [0.29, 0.717) is 19.4 Å². The third kappa shape index (κ3) is 4.83. The summed E-state index contributed by atoms with van der Waals surface area (Å²) in [6.07, 6.45) is 8.42. The number of carbonyl (C=O) groups is 2. The summed E-state index contributed by atoms with van der Waals surface area (Å²) in [5, 5.41) is 0. The van der Waals surface area contributed by atoms with E-state index in [9.17, 15) is 9.59 Å². The number of amides is 1. The molecule has 1 unspecified atom stereocenters. The molecule has 1 atom stereocenters. The van der Waals surface area contributed by atoms with Crippen molar-refractivity contribution in [2.75, 3.05) is 0 Å². The lowest BCUT2D eigenvalue weighted by atomic mass is 9.92. The van der Waals surface area contributed by atoms with Crippen molar-refractivity contribution in [2.24, 2.45) is 5.92 Å². The fourth-order valence-electron chi connectivity index (χ4n) is 2.80. The summed E-state index contributed by atoms with van der Waals surface area (Å²) in [4.78, 5) is 26.3. The number of Topliss-reactive ketones (excluding diaryl/α,β-unsaturated/α-hetero) is 1. The molecule has 0 radical (unpaired) electrons. The Bertz CT molecular complexity index is 521. The van der Waals surface area contributed by atoms with Crippen molar-refractivity contribution in [3.8, 4) is 0 Å². The van der Waals surface area contributed by atoms with Gasteiger partial charge < -0.3 is 4.90 Å². The van der Waals surface area contributed by atoms with E-state index in [4.69, 9.17) is 0 Å². The Morgan fingerprint density at radius 2 is 1.91 bits per heavy atom. The third-order valence-corrected chi connectivity index (χ3v) is 4.17. The van der Waals surface area contributed by atoms with Crippen LogP contribution in [-0.2, 0) is 16.1 Å². The van der Waals surface area contributed by atoms with E-state index in [1.807, 2.05) is 42.6 Å². The minimum Gasteiger partial charge on any atom is -0.315 e. The lowest BCUT2D eigenvalue weighted by molar-refractivity contribution is -0.132. The van der Waals surface area contributed by atoms with Crippen LogP contribution in [0.5, 0.6) is 0 Å². The van der Waals surface area contributed by atoms with Crippen molar-refractivity contribution < 1.29 is 9.59 Å². The molecule has 118 valence electrons. The number of ketones is 1. The number of allylic oxidation sites excluding steroid dienone is 1. The largest absolute Gasteiger partial charge is 0.315 e. The van der Waals surface area contributed by atoms with Gasteiger partial charge in [-0.3, -0.25) is 9.59 Å². The van der Waals surface area contributed by atoms with Crippen molar-refractivity contribution in [3.05, 3.63) is 48.2 Å². The van der Waals surface area contributed by atoms with Gasteiger partial charge in [0.1, 0.15) is 5.78 Å². The first-order chi connectivity index (χ1) is 10.7. The highest BCUT2D eigenvalue weighted by Gasteiger charge is 2.21. The highest BCUT2D eigenvalue weighted by molar-refractivity contribution is 5.87. The van der Waals surface area contributed by atoms with Gasteiger partial charge in [-0.1, -0.05) is 56.2 Å². The van der Waals surface area contributed by atoms with Crippen molar-refractivity contribution in [1.82, 2.24) is 4.90 Å². The molecule has 0 fully saturated rings. The molecule has 3 heteroatoms. The predicted molar refractivity (Wildman–Crippen MR) is 88.0 cm³/mol. The fraction of sp³-hybridized carbons (Fsp3) is 0.474. The van der Waals surface area contributed by atoms with Crippen LogP contribution in [0.15, 0.2) is 42.6 Å². The second kappa shape index (κ2) is 8.52. The lowest BCUT2D eigenvalue weighted by Crippen LogP contribution is -2.25. The summed E-state index contributed by atoms with van der Waals surface area (Å²) in [5.74, 6) is 0.360. The summed E-state index contributed by atoms with van der Waals surface area (Å²) >= 11 is 0. The number of carbonyl (C=O) groups excluding carboxylic acids is 2. The molecule has 1 aromatic rings. The van der Waals surface area contributed by atoms with Gasteiger partial charge in [0.2, 0.25) is 5.91 Å². The Morgan fingerprint density at radius 1 is 1.14 bits per heavy atom. The van der Waals surface area contributed by atoms with Gasteiger partial charge in [-0.25, -0.2) is 0 Å². The maximum Gasteiger partial charge on any atom is 0.227 e. The van der Waals surface area contributed by atoms with Crippen molar-refractivity contribution in [2.45, 2.75) is 52.0 Å². The van der Waals surface area contributed by atoms with Gasteiger partial charge in [0, 0.05) is 25.0 Å². The fourth-order valence-corrected chi connectivity index (χ4v) is 2.80. The van der Waals surface area contributed by atoms with Crippen LogP contribution in [0.4, 0.5) is 0 Å². The van der Waals surface area contributed by atoms with Crippen LogP contribution >= 0.6 is 0 Å². The van der Waals surface area contributed by atoms with Crippen molar-refractivity contribution in [1.29, 1.82) is 0 Å². The van der Waals surface area contributed by atoms with Gasteiger partial charge >= 0.3 is 0 Å². The summed E-state index contributed by atoms with van der Waals surface area (Å²) in [7, 11) is 0.